The number of fused-ring (bicyclic) bond motifs is 1. The van der Waals surface area contributed by atoms with Crippen LogP contribution in [0.1, 0.15) is 18.5 Å². The molecule has 7 nitrogen and oxygen atoms in total. The molecular formula is C15H17N7. The lowest BCUT2D eigenvalue weighted by Crippen LogP contribution is -2.23. The van der Waals surface area contributed by atoms with Crippen LogP contribution in [0.5, 0.6) is 0 Å². The van der Waals surface area contributed by atoms with Gasteiger partial charge in [0.05, 0.1) is 11.4 Å². The Bertz CT molecular complexity index is 804. The van der Waals surface area contributed by atoms with Gasteiger partial charge in [0.15, 0.2) is 5.65 Å². The molecule has 1 unspecified atom stereocenters. The Morgan fingerprint density at radius 3 is 2.50 bits per heavy atom. The largest absolute Gasteiger partial charge is 0.383 e. The van der Waals surface area contributed by atoms with Crippen LogP contribution in [0.25, 0.3) is 11.0 Å². The van der Waals surface area contributed by atoms with Crippen LogP contribution in [0, 0.1) is 0 Å². The van der Waals surface area contributed by atoms with E-state index in [1.807, 2.05) is 30.1 Å². The Kier molecular flexibility index (Phi) is 3.46. The molecule has 3 aromatic rings. The molecule has 7 heteroatoms. The molecule has 0 aliphatic heterocycles. The van der Waals surface area contributed by atoms with Gasteiger partial charge in [-0.05, 0) is 12.5 Å². The topological polar surface area (TPSA) is 107 Å². The quantitative estimate of drug-likeness (QED) is 0.758. The summed E-state index contributed by atoms with van der Waals surface area (Å²) < 4.78 is 0. The normalized spacial score (nSPS) is 12.3. The average Bonchev–Trinajstić information content (AvgIpc) is 2.53. The third-order valence-corrected chi connectivity index (χ3v) is 3.67. The van der Waals surface area contributed by atoms with Crippen LogP contribution in [0.4, 0.5) is 17.7 Å². The summed E-state index contributed by atoms with van der Waals surface area (Å²) in [6.07, 6.45) is 1.63. The third-order valence-electron chi connectivity index (χ3n) is 3.67. The van der Waals surface area contributed by atoms with Gasteiger partial charge < -0.3 is 16.4 Å². The van der Waals surface area contributed by atoms with Crippen molar-refractivity contribution in [2.45, 2.75) is 13.0 Å². The number of nitrogens with two attached hydrogens (primary N) is 2. The fraction of sp³-hybridized carbons (Fsp3) is 0.200. The molecule has 2 heterocycles. The molecule has 0 fully saturated rings. The highest BCUT2D eigenvalue weighted by Crippen LogP contribution is 2.24. The standard InChI is InChI=1S/C15H17N7/c1-9(10-6-4-3-5-7-10)22(2)15-18-8-11-12(16)19-14(17)20-13(11)21-15/h3-9H,1-2H3,(H4,16,17,18,19,20,21). The molecule has 1 atom stereocenters. The van der Waals surface area contributed by atoms with Gasteiger partial charge in [0.25, 0.3) is 0 Å². The van der Waals surface area contributed by atoms with E-state index in [1.165, 1.54) is 5.56 Å². The average molecular weight is 295 g/mol. The minimum Gasteiger partial charge on any atom is -0.383 e. The van der Waals surface area contributed by atoms with Gasteiger partial charge in [-0.15, -0.1) is 0 Å². The zero-order chi connectivity index (χ0) is 15.7. The zero-order valence-electron chi connectivity index (χ0n) is 12.4. The van der Waals surface area contributed by atoms with Gasteiger partial charge in [0, 0.05) is 13.2 Å². The van der Waals surface area contributed by atoms with E-state index in [9.17, 15) is 0 Å². The van der Waals surface area contributed by atoms with E-state index in [2.05, 4.69) is 39.0 Å². The van der Waals surface area contributed by atoms with Gasteiger partial charge >= 0.3 is 0 Å². The van der Waals surface area contributed by atoms with Crippen LogP contribution in [-0.4, -0.2) is 27.0 Å². The summed E-state index contributed by atoms with van der Waals surface area (Å²) in [5.41, 5.74) is 13.1. The number of hydrogen-bond acceptors (Lipinski definition) is 7. The molecule has 1 aromatic carbocycles. The number of aromatic nitrogens is 4. The second-order valence-corrected chi connectivity index (χ2v) is 5.07. The molecule has 0 saturated heterocycles. The van der Waals surface area contributed by atoms with Crippen molar-refractivity contribution in [2.24, 2.45) is 0 Å². The first-order valence-corrected chi connectivity index (χ1v) is 6.90. The number of nitrogens with zero attached hydrogens (tertiary/aromatic N) is 5. The molecule has 0 aliphatic rings. The Hall–Kier alpha value is -2.96. The number of anilines is 3. The number of rotatable bonds is 3. The third kappa shape index (κ3) is 2.48. The summed E-state index contributed by atoms with van der Waals surface area (Å²) in [6.45, 7) is 2.09. The van der Waals surface area contributed by atoms with Crippen molar-refractivity contribution >= 4 is 28.7 Å². The van der Waals surface area contributed by atoms with Gasteiger partial charge in [-0.2, -0.15) is 15.0 Å². The fourth-order valence-electron chi connectivity index (χ4n) is 2.25. The minimum absolute atomic E-state index is 0.105. The monoisotopic (exact) mass is 295 g/mol. The Morgan fingerprint density at radius 1 is 1.05 bits per heavy atom. The van der Waals surface area contributed by atoms with Gasteiger partial charge in [0.1, 0.15) is 5.82 Å². The maximum Gasteiger partial charge on any atom is 0.227 e. The molecule has 0 amide bonds. The highest BCUT2D eigenvalue weighted by Gasteiger charge is 2.16. The lowest BCUT2D eigenvalue weighted by Gasteiger charge is -2.25. The number of benzene rings is 1. The van der Waals surface area contributed by atoms with Crippen LogP contribution in [-0.2, 0) is 0 Å². The van der Waals surface area contributed by atoms with Crippen LogP contribution < -0.4 is 16.4 Å². The lowest BCUT2D eigenvalue weighted by atomic mass is 10.1. The maximum atomic E-state index is 5.81. The molecule has 22 heavy (non-hydrogen) atoms. The fourth-order valence-corrected chi connectivity index (χ4v) is 2.25. The van der Waals surface area contributed by atoms with Gasteiger partial charge in [-0.3, -0.25) is 0 Å². The molecule has 0 radical (unpaired) electrons. The highest BCUT2D eigenvalue weighted by molar-refractivity contribution is 5.85. The second-order valence-electron chi connectivity index (χ2n) is 5.07. The van der Waals surface area contributed by atoms with E-state index in [0.717, 1.165) is 0 Å². The smallest absolute Gasteiger partial charge is 0.227 e. The van der Waals surface area contributed by atoms with Gasteiger partial charge in [-0.1, -0.05) is 30.3 Å². The number of nitrogen functional groups attached to an aromatic ring is 2. The SMILES string of the molecule is CC(c1ccccc1)N(C)c1ncc2c(N)nc(N)nc2n1. The molecule has 0 saturated carbocycles. The predicted molar refractivity (Wildman–Crippen MR) is 87.2 cm³/mol. The van der Waals surface area contributed by atoms with Crippen molar-refractivity contribution < 1.29 is 0 Å². The van der Waals surface area contributed by atoms with E-state index in [-0.39, 0.29) is 17.8 Å². The van der Waals surface area contributed by atoms with E-state index in [1.54, 1.807) is 6.20 Å². The van der Waals surface area contributed by atoms with E-state index in [4.69, 9.17) is 11.5 Å². The molecule has 2 aromatic heterocycles. The van der Waals surface area contributed by atoms with Gasteiger partial charge in [-0.25, -0.2) is 4.98 Å². The molecule has 3 rings (SSSR count). The van der Waals surface area contributed by atoms with E-state index >= 15 is 0 Å². The molecule has 0 spiro atoms. The molecular weight excluding hydrogens is 278 g/mol. The first kappa shape index (κ1) is 14.0. The molecule has 0 aliphatic carbocycles. The summed E-state index contributed by atoms with van der Waals surface area (Å²) in [4.78, 5) is 18.8. The second kappa shape index (κ2) is 5.44. The minimum atomic E-state index is 0.105. The highest BCUT2D eigenvalue weighted by atomic mass is 15.3. The molecule has 0 bridgehead atoms. The summed E-state index contributed by atoms with van der Waals surface area (Å²) >= 11 is 0. The van der Waals surface area contributed by atoms with Gasteiger partial charge in [0.2, 0.25) is 11.9 Å². The van der Waals surface area contributed by atoms with Crippen LogP contribution in [0.2, 0.25) is 0 Å². The predicted octanol–water partition coefficient (Wildman–Crippen LogP) is 1.78. The van der Waals surface area contributed by atoms with Crippen molar-refractivity contribution in [3.05, 3.63) is 42.1 Å². The summed E-state index contributed by atoms with van der Waals surface area (Å²) in [6, 6.07) is 10.3. The first-order chi connectivity index (χ1) is 10.6. The Balaban J connectivity index is 1.99. The van der Waals surface area contributed by atoms with Crippen molar-refractivity contribution in [1.29, 1.82) is 0 Å². The summed E-state index contributed by atoms with van der Waals surface area (Å²) in [5.74, 6) is 0.947. The van der Waals surface area contributed by atoms with Crippen molar-refractivity contribution in [3.8, 4) is 0 Å². The Morgan fingerprint density at radius 2 is 1.77 bits per heavy atom. The Labute approximate surface area is 128 Å². The van der Waals surface area contributed by atoms with E-state index in [0.29, 0.717) is 17.0 Å². The van der Waals surface area contributed by atoms with Crippen LogP contribution in [0.3, 0.4) is 0 Å². The van der Waals surface area contributed by atoms with Crippen molar-refractivity contribution in [1.82, 2.24) is 19.9 Å². The van der Waals surface area contributed by atoms with Crippen LogP contribution >= 0.6 is 0 Å². The van der Waals surface area contributed by atoms with Crippen LogP contribution in [0.15, 0.2) is 36.5 Å². The maximum absolute atomic E-state index is 5.81. The molecule has 112 valence electrons. The van der Waals surface area contributed by atoms with Crippen molar-refractivity contribution in [2.75, 3.05) is 23.4 Å². The summed E-state index contributed by atoms with van der Waals surface area (Å²) in [5, 5.41) is 0.596. The van der Waals surface area contributed by atoms with E-state index < -0.39 is 0 Å². The summed E-state index contributed by atoms with van der Waals surface area (Å²) in [7, 11) is 1.94. The lowest BCUT2D eigenvalue weighted by molar-refractivity contribution is 0.717. The first-order valence-electron chi connectivity index (χ1n) is 6.90. The molecule has 4 N–H and O–H groups in total. The zero-order valence-corrected chi connectivity index (χ0v) is 12.4. The number of hydrogen-bond donors (Lipinski definition) is 2. The van der Waals surface area contributed by atoms with Crippen molar-refractivity contribution in [3.63, 3.8) is 0 Å².